The summed E-state index contributed by atoms with van der Waals surface area (Å²) in [7, 11) is 1.34. The van der Waals surface area contributed by atoms with Crippen LogP contribution in [-0.4, -0.2) is 24.8 Å². The predicted molar refractivity (Wildman–Crippen MR) is 88.0 cm³/mol. The van der Waals surface area contributed by atoms with Crippen molar-refractivity contribution in [3.8, 4) is 0 Å². The van der Waals surface area contributed by atoms with Crippen molar-refractivity contribution in [1.82, 2.24) is 0 Å². The van der Waals surface area contributed by atoms with E-state index in [1.54, 1.807) is 13.8 Å². The number of methoxy groups -OCH3 is 1. The smallest absolute Gasteiger partial charge is 0.314 e. The SMILES string of the molecule is COC(=O)C(C)(C)C(OC/C(N)=C/N)c1ccc(C)c(CO)c1. The maximum absolute atomic E-state index is 12.2. The number of aliphatic hydroxyl groups is 1. The largest absolute Gasteiger partial charge is 0.469 e. The third-order valence-corrected chi connectivity index (χ3v) is 3.84. The lowest BCUT2D eigenvalue weighted by Crippen LogP contribution is -2.35. The van der Waals surface area contributed by atoms with Crippen molar-refractivity contribution in [2.24, 2.45) is 16.9 Å². The average Bonchev–Trinajstić information content (AvgIpc) is 2.54. The Labute approximate surface area is 137 Å². The molecule has 0 saturated heterocycles. The fraction of sp³-hybridized carbons (Fsp3) is 0.471. The molecule has 0 aliphatic carbocycles. The molecular weight excluding hydrogens is 296 g/mol. The summed E-state index contributed by atoms with van der Waals surface area (Å²) in [6.45, 7) is 5.39. The zero-order chi connectivity index (χ0) is 17.6. The fourth-order valence-electron chi connectivity index (χ4n) is 2.34. The van der Waals surface area contributed by atoms with E-state index in [0.717, 1.165) is 16.7 Å². The zero-order valence-electron chi connectivity index (χ0n) is 14.1. The number of carbonyl (C=O) groups excluding carboxylic acids is 1. The van der Waals surface area contributed by atoms with Gasteiger partial charge in [-0.05, 0) is 37.5 Å². The Morgan fingerprint density at radius 2 is 2.09 bits per heavy atom. The van der Waals surface area contributed by atoms with Gasteiger partial charge in [0, 0.05) is 6.20 Å². The number of nitrogens with two attached hydrogens (primary N) is 2. The molecule has 5 N–H and O–H groups in total. The summed E-state index contributed by atoms with van der Waals surface area (Å²) in [5, 5.41) is 9.46. The minimum absolute atomic E-state index is 0.0872. The lowest BCUT2D eigenvalue weighted by Gasteiger charge is -2.32. The first-order valence-corrected chi connectivity index (χ1v) is 7.34. The van der Waals surface area contributed by atoms with E-state index >= 15 is 0 Å². The number of aliphatic hydroxyl groups excluding tert-OH is 1. The van der Waals surface area contributed by atoms with Crippen molar-refractivity contribution >= 4 is 5.97 Å². The number of esters is 1. The maximum Gasteiger partial charge on any atom is 0.314 e. The van der Waals surface area contributed by atoms with Crippen LogP contribution < -0.4 is 11.5 Å². The molecule has 1 atom stereocenters. The molecule has 0 fully saturated rings. The zero-order valence-corrected chi connectivity index (χ0v) is 14.1. The van der Waals surface area contributed by atoms with E-state index < -0.39 is 17.5 Å². The Morgan fingerprint density at radius 3 is 2.61 bits per heavy atom. The van der Waals surface area contributed by atoms with Gasteiger partial charge in [-0.15, -0.1) is 0 Å². The van der Waals surface area contributed by atoms with Crippen LogP contribution in [0.2, 0.25) is 0 Å². The van der Waals surface area contributed by atoms with E-state index in [2.05, 4.69) is 0 Å². The summed E-state index contributed by atoms with van der Waals surface area (Å²) < 4.78 is 10.7. The second-order valence-electron chi connectivity index (χ2n) is 5.99. The molecule has 0 heterocycles. The number of hydrogen-bond acceptors (Lipinski definition) is 6. The standard InChI is InChI=1S/C17H26N2O4/c1-11-5-6-12(7-13(11)9-20)15(23-10-14(19)8-18)17(2,3)16(21)22-4/h5-8,15,20H,9-10,18-19H2,1-4H3/b14-8-. The van der Waals surface area contributed by atoms with E-state index in [0.29, 0.717) is 5.70 Å². The molecule has 0 radical (unpaired) electrons. The lowest BCUT2D eigenvalue weighted by atomic mass is 9.81. The lowest BCUT2D eigenvalue weighted by molar-refractivity contribution is -0.160. The Morgan fingerprint density at radius 1 is 1.43 bits per heavy atom. The molecule has 1 unspecified atom stereocenters. The van der Waals surface area contributed by atoms with E-state index in [1.807, 2.05) is 25.1 Å². The van der Waals surface area contributed by atoms with Crippen LogP contribution in [0.4, 0.5) is 0 Å². The van der Waals surface area contributed by atoms with E-state index in [-0.39, 0.29) is 13.2 Å². The highest BCUT2D eigenvalue weighted by Gasteiger charge is 2.40. The molecular formula is C17H26N2O4. The summed E-state index contributed by atoms with van der Waals surface area (Å²) in [5.41, 5.74) is 13.0. The van der Waals surface area contributed by atoms with Crippen LogP contribution in [0.1, 0.15) is 36.6 Å². The Balaban J connectivity index is 3.25. The van der Waals surface area contributed by atoms with Crippen LogP contribution in [0, 0.1) is 12.3 Å². The highest BCUT2D eigenvalue weighted by molar-refractivity contribution is 5.77. The van der Waals surface area contributed by atoms with Gasteiger partial charge in [0.2, 0.25) is 0 Å². The van der Waals surface area contributed by atoms with Gasteiger partial charge >= 0.3 is 5.97 Å². The van der Waals surface area contributed by atoms with E-state index in [1.165, 1.54) is 13.3 Å². The molecule has 0 spiro atoms. The van der Waals surface area contributed by atoms with Crippen LogP contribution >= 0.6 is 0 Å². The number of hydrogen-bond donors (Lipinski definition) is 3. The highest BCUT2D eigenvalue weighted by Crippen LogP contribution is 2.38. The van der Waals surface area contributed by atoms with Crippen molar-refractivity contribution in [3.05, 3.63) is 46.8 Å². The molecule has 0 aliphatic heterocycles. The second kappa shape index (κ2) is 7.99. The Hall–Kier alpha value is -2.05. The molecule has 6 nitrogen and oxygen atoms in total. The maximum atomic E-state index is 12.2. The van der Waals surface area contributed by atoms with Crippen molar-refractivity contribution in [2.75, 3.05) is 13.7 Å². The predicted octanol–water partition coefficient (Wildman–Crippen LogP) is 1.50. The molecule has 1 rings (SSSR count). The number of carbonyl (C=O) groups is 1. The van der Waals surface area contributed by atoms with Crippen molar-refractivity contribution in [3.63, 3.8) is 0 Å². The third-order valence-electron chi connectivity index (χ3n) is 3.84. The molecule has 0 aliphatic rings. The molecule has 23 heavy (non-hydrogen) atoms. The van der Waals surface area contributed by atoms with Crippen molar-refractivity contribution in [2.45, 2.75) is 33.5 Å². The van der Waals surface area contributed by atoms with Crippen LogP contribution in [-0.2, 0) is 20.9 Å². The van der Waals surface area contributed by atoms with Gasteiger partial charge in [-0.25, -0.2) is 0 Å². The number of rotatable bonds is 7. The monoisotopic (exact) mass is 322 g/mol. The molecule has 6 heteroatoms. The molecule has 0 bridgehead atoms. The normalized spacial score (nSPS) is 13.7. The minimum atomic E-state index is -0.939. The van der Waals surface area contributed by atoms with Gasteiger partial charge in [-0.1, -0.05) is 18.2 Å². The van der Waals surface area contributed by atoms with Crippen molar-refractivity contribution < 1.29 is 19.4 Å². The molecule has 1 aromatic rings. The summed E-state index contributed by atoms with van der Waals surface area (Å²) in [5.74, 6) is -0.399. The molecule has 0 aromatic heterocycles. The van der Waals surface area contributed by atoms with E-state index in [4.69, 9.17) is 20.9 Å². The first-order chi connectivity index (χ1) is 10.8. The quantitative estimate of drug-likeness (QED) is 0.657. The highest BCUT2D eigenvalue weighted by atomic mass is 16.5. The van der Waals surface area contributed by atoms with Gasteiger partial charge in [-0.3, -0.25) is 4.79 Å². The molecule has 128 valence electrons. The summed E-state index contributed by atoms with van der Waals surface area (Å²) >= 11 is 0. The van der Waals surface area contributed by atoms with Crippen LogP contribution in [0.25, 0.3) is 0 Å². The van der Waals surface area contributed by atoms with Crippen LogP contribution in [0.5, 0.6) is 0 Å². The number of ether oxygens (including phenoxy) is 2. The summed E-state index contributed by atoms with van der Waals surface area (Å²) in [4.78, 5) is 12.2. The summed E-state index contributed by atoms with van der Waals surface area (Å²) in [6.07, 6.45) is 0.663. The minimum Gasteiger partial charge on any atom is -0.469 e. The second-order valence-corrected chi connectivity index (χ2v) is 5.99. The van der Waals surface area contributed by atoms with Gasteiger partial charge < -0.3 is 26.0 Å². The van der Waals surface area contributed by atoms with Crippen LogP contribution in [0.15, 0.2) is 30.1 Å². The van der Waals surface area contributed by atoms with Gasteiger partial charge in [0.1, 0.15) is 0 Å². The van der Waals surface area contributed by atoms with Crippen molar-refractivity contribution in [1.29, 1.82) is 0 Å². The third kappa shape index (κ3) is 4.46. The van der Waals surface area contributed by atoms with E-state index in [9.17, 15) is 9.90 Å². The number of benzene rings is 1. The van der Waals surface area contributed by atoms with Gasteiger partial charge in [0.05, 0.1) is 37.5 Å². The average molecular weight is 322 g/mol. The number of aryl methyl sites for hydroxylation is 1. The van der Waals surface area contributed by atoms with Gasteiger partial charge in [-0.2, -0.15) is 0 Å². The molecule has 0 amide bonds. The Kier molecular flexibility index (Phi) is 6.60. The molecule has 0 saturated carbocycles. The Bertz CT molecular complexity index is 582. The fourth-order valence-corrected chi connectivity index (χ4v) is 2.34. The topological polar surface area (TPSA) is 108 Å². The van der Waals surface area contributed by atoms with Gasteiger partial charge in [0.15, 0.2) is 0 Å². The van der Waals surface area contributed by atoms with Crippen LogP contribution in [0.3, 0.4) is 0 Å². The van der Waals surface area contributed by atoms with Gasteiger partial charge in [0.25, 0.3) is 0 Å². The first kappa shape index (κ1) is 19.0. The summed E-state index contributed by atoms with van der Waals surface area (Å²) in [6, 6.07) is 5.58. The first-order valence-electron chi connectivity index (χ1n) is 7.34. The molecule has 1 aromatic carbocycles.